The van der Waals surface area contributed by atoms with E-state index in [-0.39, 0.29) is 31.9 Å². The van der Waals surface area contributed by atoms with E-state index in [1.807, 2.05) is 54.6 Å². The van der Waals surface area contributed by atoms with Gasteiger partial charge in [-0.25, -0.2) is 10.3 Å². The van der Waals surface area contributed by atoms with Gasteiger partial charge in [-0.1, -0.05) is 48.5 Å². The Morgan fingerprint density at radius 2 is 1.78 bits per heavy atom. The molecule has 5 N–H and O–H groups in total. The lowest BCUT2D eigenvalue weighted by molar-refractivity contribution is -0.134. The van der Waals surface area contributed by atoms with Crippen LogP contribution < -0.4 is 16.1 Å². The first-order valence-electron chi connectivity index (χ1n) is 10.3. The molecule has 0 aliphatic carbocycles. The Kier molecular flexibility index (Phi) is 8.22. The first kappa shape index (κ1) is 22.8. The number of carbonyl (C=O) groups is 3. The third-order valence-corrected chi connectivity index (χ3v) is 4.92. The zero-order valence-electron chi connectivity index (χ0n) is 17.5. The van der Waals surface area contributed by atoms with Gasteiger partial charge in [0.1, 0.15) is 12.6 Å². The van der Waals surface area contributed by atoms with Crippen LogP contribution in [0.3, 0.4) is 0 Å². The number of para-hydroxylation sites is 1. The molecule has 1 heterocycles. The number of ether oxygens (including phenoxy) is 1. The number of benzene rings is 2. The van der Waals surface area contributed by atoms with Gasteiger partial charge in [0.2, 0.25) is 5.91 Å². The van der Waals surface area contributed by atoms with Gasteiger partial charge in [0, 0.05) is 36.5 Å². The van der Waals surface area contributed by atoms with E-state index in [0.29, 0.717) is 6.42 Å². The number of alkyl carbamates (subject to hydrolysis) is 1. The fraction of sp³-hybridized carbons (Fsp3) is 0.261. The Bertz CT molecular complexity index is 1050. The molecule has 0 saturated heterocycles. The number of amides is 3. The molecule has 0 radical (unpaired) electrons. The number of hydrogen-bond donors (Lipinski definition) is 5. The molecule has 0 unspecified atom stereocenters. The van der Waals surface area contributed by atoms with E-state index in [1.54, 1.807) is 11.7 Å². The van der Waals surface area contributed by atoms with Gasteiger partial charge in [-0.2, -0.15) is 0 Å². The average molecular weight is 438 g/mol. The number of nitrogens with one attached hydrogen (secondary N) is 4. The molecule has 3 aromatic rings. The molecule has 0 bridgehead atoms. The van der Waals surface area contributed by atoms with Gasteiger partial charge in [0.15, 0.2) is 0 Å². The van der Waals surface area contributed by atoms with Crippen molar-refractivity contribution in [1.82, 2.24) is 21.1 Å². The van der Waals surface area contributed by atoms with Crippen LogP contribution in [0.4, 0.5) is 4.79 Å². The first-order valence-corrected chi connectivity index (χ1v) is 10.3. The number of carbonyl (C=O) groups excluding carboxylic acids is 3. The molecule has 0 fully saturated rings. The number of aromatic amines is 1. The molecule has 1 atom stereocenters. The maximum atomic E-state index is 12.3. The molecule has 2 aromatic carbocycles. The van der Waals surface area contributed by atoms with Gasteiger partial charge < -0.3 is 20.4 Å². The van der Waals surface area contributed by atoms with Crippen LogP contribution in [-0.2, 0) is 27.4 Å². The number of fused-ring (bicyclic) bond motifs is 1. The van der Waals surface area contributed by atoms with Crippen molar-refractivity contribution in [2.24, 2.45) is 0 Å². The summed E-state index contributed by atoms with van der Waals surface area (Å²) in [5.41, 5.74) is 4.25. The second-order valence-electron chi connectivity index (χ2n) is 7.25. The summed E-state index contributed by atoms with van der Waals surface area (Å²) in [7, 11) is 0. The van der Waals surface area contributed by atoms with Crippen molar-refractivity contribution in [3.05, 3.63) is 71.9 Å². The van der Waals surface area contributed by atoms with Crippen molar-refractivity contribution < 1.29 is 24.3 Å². The van der Waals surface area contributed by atoms with Crippen LogP contribution in [0.2, 0.25) is 0 Å². The van der Waals surface area contributed by atoms with Crippen molar-refractivity contribution in [2.75, 3.05) is 6.54 Å². The van der Waals surface area contributed by atoms with Crippen LogP contribution in [-0.4, -0.2) is 40.7 Å². The van der Waals surface area contributed by atoms with Crippen LogP contribution in [0.25, 0.3) is 10.9 Å². The Morgan fingerprint density at radius 3 is 2.56 bits per heavy atom. The molecule has 3 amide bonds. The number of hydroxylamine groups is 1. The summed E-state index contributed by atoms with van der Waals surface area (Å²) < 4.78 is 5.11. The summed E-state index contributed by atoms with van der Waals surface area (Å²) in [4.78, 5) is 39.2. The maximum absolute atomic E-state index is 12.3. The molecule has 3 rings (SSSR count). The normalized spacial score (nSPS) is 11.5. The van der Waals surface area contributed by atoms with Gasteiger partial charge in [0.25, 0.3) is 5.91 Å². The molecule has 9 nitrogen and oxygen atoms in total. The molecule has 0 spiro atoms. The Hall–Kier alpha value is -3.85. The van der Waals surface area contributed by atoms with Crippen molar-refractivity contribution in [3.8, 4) is 0 Å². The topological polar surface area (TPSA) is 133 Å². The van der Waals surface area contributed by atoms with E-state index < -0.39 is 18.0 Å². The highest BCUT2D eigenvalue weighted by Crippen LogP contribution is 2.19. The van der Waals surface area contributed by atoms with E-state index in [1.165, 1.54) is 0 Å². The summed E-state index contributed by atoms with van der Waals surface area (Å²) in [6.07, 6.45) is 1.90. The lowest BCUT2D eigenvalue weighted by Crippen LogP contribution is -2.47. The number of H-pyrrole nitrogens is 1. The summed E-state index contributed by atoms with van der Waals surface area (Å²) in [6.45, 7) is 0.416. The van der Waals surface area contributed by atoms with E-state index in [9.17, 15) is 14.4 Å². The lowest BCUT2D eigenvalue weighted by atomic mass is 10.0. The van der Waals surface area contributed by atoms with E-state index in [0.717, 1.165) is 22.0 Å². The quantitative estimate of drug-likeness (QED) is 0.188. The molecule has 9 heteroatoms. The van der Waals surface area contributed by atoms with Crippen molar-refractivity contribution >= 4 is 28.8 Å². The van der Waals surface area contributed by atoms with E-state index in [2.05, 4.69) is 15.6 Å². The fourth-order valence-electron chi connectivity index (χ4n) is 3.29. The highest BCUT2D eigenvalue weighted by atomic mass is 16.5. The highest BCUT2D eigenvalue weighted by Gasteiger charge is 2.22. The monoisotopic (exact) mass is 438 g/mol. The third-order valence-electron chi connectivity index (χ3n) is 4.92. The van der Waals surface area contributed by atoms with Gasteiger partial charge in [-0.15, -0.1) is 0 Å². The molecule has 0 saturated carbocycles. The van der Waals surface area contributed by atoms with Crippen LogP contribution in [0, 0.1) is 0 Å². The second kappa shape index (κ2) is 11.5. The zero-order chi connectivity index (χ0) is 22.8. The second-order valence-corrected chi connectivity index (χ2v) is 7.25. The standard InChI is InChI=1S/C23H26N4O5/c28-21(11-6-12-24-23(30)32-15-16-7-2-1-3-8-16)26-20(22(29)27-31)13-17-14-25-19-10-5-4-9-18(17)19/h1-5,7-10,14,20,25,31H,6,11-13,15H2,(H,24,30)(H,26,28)(H,27,29)/t20-/m0/s1. The fourth-order valence-corrected chi connectivity index (χ4v) is 3.29. The predicted octanol–water partition coefficient (Wildman–Crippen LogP) is 2.41. The lowest BCUT2D eigenvalue weighted by Gasteiger charge is -2.16. The van der Waals surface area contributed by atoms with Crippen LogP contribution >= 0.6 is 0 Å². The van der Waals surface area contributed by atoms with Crippen LogP contribution in [0.5, 0.6) is 0 Å². The highest BCUT2D eigenvalue weighted by molar-refractivity contribution is 5.89. The maximum Gasteiger partial charge on any atom is 0.407 e. The predicted molar refractivity (Wildman–Crippen MR) is 118 cm³/mol. The summed E-state index contributed by atoms with van der Waals surface area (Å²) in [5, 5.41) is 15.2. The minimum atomic E-state index is -0.935. The molecule has 32 heavy (non-hydrogen) atoms. The van der Waals surface area contributed by atoms with Gasteiger partial charge in [-0.05, 0) is 23.6 Å². The minimum Gasteiger partial charge on any atom is -0.445 e. The molecule has 168 valence electrons. The van der Waals surface area contributed by atoms with Crippen LogP contribution in [0.1, 0.15) is 24.0 Å². The summed E-state index contributed by atoms with van der Waals surface area (Å²) in [5.74, 6) is -1.07. The van der Waals surface area contributed by atoms with Gasteiger partial charge in [0.05, 0.1) is 0 Å². The molecule has 1 aromatic heterocycles. The van der Waals surface area contributed by atoms with Crippen LogP contribution in [0.15, 0.2) is 60.8 Å². The Labute approximate surface area is 185 Å². The summed E-state index contributed by atoms with van der Waals surface area (Å²) in [6, 6.07) is 16.0. The third kappa shape index (κ3) is 6.58. The summed E-state index contributed by atoms with van der Waals surface area (Å²) >= 11 is 0. The number of rotatable bonds is 10. The largest absolute Gasteiger partial charge is 0.445 e. The van der Waals surface area contributed by atoms with Crippen molar-refractivity contribution in [1.29, 1.82) is 0 Å². The average Bonchev–Trinajstić information content (AvgIpc) is 3.23. The molecule has 0 aliphatic heterocycles. The molecule has 0 aliphatic rings. The number of aromatic nitrogens is 1. The van der Waals surface area contributed by atoms with E-state index >= 15 is 0 Å². The zero-order valence-corrected chi connectivity index (χ0v) is 17.5. The van der Waals surface area contributed by atoms with Gasteiger partial charge in [-0.3, -0.25) is 14.8 Å². The Morgan fingerprint density at radius 1 is 1.03 bits per heavy atom. The van der Waals surface area contributed by atoms with Gasteiger partial charge >= 0.3 is 6.09 Å². The van der Waals surface area contributed by atoms with E-state index in [4.69, 9.17) is 9.94 Å². The first-order chi connectivity index (χ1) is 15.6. The molecular formula is C23H26N4O5. The Balaban J connectivity index is 1.42. The van der Waals surface area contributed by atoms with Crippen molar-refractivity contribution in [2.45, 2.75) is 31.9 Å². The minimum absolute atomic E-state index is 0.0993. The smallest absolute Gasteiger partial charge is 0.407 e. The SMILES string of the molecule is O=C(CCCNC(=O)OCc1ccccc1)N[C@@H](Cc1c[nH]c2ccccc12)C(=O)NO. The molecular weight excluding hydrogens is 412 g/mol. The van der Waals surface area contributed by atoms with Crippen molar-refractivity contribution in [3.63, 3.8) is 0 Å². The number of hydrogen-bond acceptors (Lipinski definition) is 5.